The molecule has 0 radical (unpaired) electrons. The van der Waals surface area contributed by atoms with Crippen LogP contribution in [-0.4, -0.2) is 44.8 Å². The van der Waals surface area contributed by atoms with Crippen LogP contribution in [0.5, 0.6) is 0 Å². The average Bonchev–Trinajstić information content (AvgIpc) is 3.60. The van der Waals surface area contributed by atoms with Crippen molar-refractivity contribution in [3.63, 3.8) is 0 Å². The van der Waals surface area contributed by atoms with Gasteiger partial charge in [0.25, 0.3) is 5.91 Å². The summed E-state index contributed by atoms with van der Waals surface area (Å²) in [5, 5.41) is 13.2. The van der Waals surface area contributed by atoms with Crippen LogP contribution >= 0.6 is 0 Å². The second kappa shape index (κ2) is 8.19. The van der Waals surface area contributed by atoms with Gasteiger partial charge in [0, 0.05) is 43.4 Å². The Morgan fingerprint density at radius 2 is 1.91 bits per heavy atom. The topological polar surface area (TPSA) is 75.9 Å². The minimum absolute atomic E-state index is 0.0173. The summed E-state index contributed by atoms with van der Waals surface area (Å²) < 4.78 is 2.38. The van der Waals surface area contributed by atoms with Gasteiger partial charge >= 0.3 is 0 Å². The summed E-state index contributed by atoms with van der Waals surface area (Å²) >= 11 is 0. The van der Waals surface area contributed by atoms with Gasteiger partial charge in [-0.3, -0.25) is 4.79 Å². The third-order valence-corrected chi connectivity index (χ3v) is 7.11. The molecule has 1 saturated heterocycles. The molecule has 2 fully saturated rings. The summed E-state index contributed by atoms with van der Waals surface area (Å²) in [6.07, 6.45) is 9.10. The van der Waals surface area contributed by atoms with E-state index in [0.29, 0.717) is 12.0 Å². The van der Waals surface area contributed by atoms with Crippen LogP contribution in [0.4, 0.5) is 5.82 Å². The van der Waals surface area contributed by atoms with E-state index >= 15 is 0 Å². The van der Waals surface area contributed by atoms with Crippen molar-refractivity contribution in [2.75, 3.05) is 18.0 Å². The van der Waals surface area contributed by atoms with Crippen molar-refractivity contribution in [3.05, 3.63) is 47.5 Å². The van der Waals surface area contributed by atoms with E-state index in [4.69, 9.17) is 4.98 Å². The number of amides is 1. The number of rotatable bonds is 4. The molecule has 3 aromatic rings. The van der Waals surface area contributed by atoms with E-state index in [0.717, 1.165) is 85.7 Å². The lowest BCUT2D eigenvalue weighted by atomic mass is 9.96. The first-order valence-corrected chi connectivity index (χ1v) is 12.1. The highest BCUT2D eigenvalue weighted by molar-refractivity contribution is 6.07. The normalized spacial score (nSPS) is 21.2. The highest BCUT2D eigenvalue weighted by atomic mass is 16.1. The molecule has 1 N–H and O–H groups in total. The molecular formula is C25H30N6O. The number of nitrogens with one attached hydrogen (secondary N) is 1. The zero-order chi connectivity index (χ0) is 21.5. The van der Waals surface area contributed by atoms with Gasteiger partial charge in [-0.05, 0) is 50.7 Å². The fourth-order valence-corrected chi connectivity index (χ4v) is 5.21. The summed E-state index contributed by atoms with van der Waals surface area (Å²) in [6.45, 7) is 2.85. The summed E-state index contributed by atoms with van der Waals surface area (Å²) in [5.74, 6) is 3.55. The number of anilines is 1. The molecule has 6 rings (SSSR count). The van der Waals surface area contributed by atoms with E-state index in [1.807, 2.05) is 30.3 Å². The van der Waals surface area contributed by atoms with Gasteiger partial charge in [0.05, 0.1) is 11.1 Å². The lowest BCUT2D eigenvalue weighted by Crippen LogP contribution is -2.36. The number of piperidine rings is 1. The predicted octanol–water partition coefficient (Wildman–Crippen LogP) is 3.83. The fourth-order valence-electron chi connectivity index (χ4n) is 5.21. The lowest BCUT2D eigenvalue weighted by Gasteiger charge is -2.33. The van der Waals surface area contributed by atoms with Crippen LogP contribution in [0, 0.1) is 0 Å². The molecule has 3 aliphatic rings. The van der Waals surface area contributed by atoms with Crippen molar-refractivity contribution < 1.29 is 4.79 Å². The summed E-state index contributed by atoms with van der Waals surface area (Å²) in [4.78, 5) is 20.3. The lowest BCUT2D eigenvalue weighted by molar-refractivity contribution is 0.0952. The number of hydrogen-bond donors (Lipinski definition) is 1. The van der Waals surface area contributed by atoms with Crippen LogP contribution in [0.3, 0.4) is 0 Å². The molecule has 1 unspecified atom stereocenters. The Morgan fingerprint density at radius 3 is 2.81 bits per heavy atom. The third-order valence-electron chi connectivity index (χ3n) is 7.11. The molecule has 1 saturated carbocycles. The number of carbonyl (C=O) groups excluding carboxylic acids is 1. The fraction of sp³-hybridized carbons (Fsp3) is 0.520. The average molecular weight is 431 g/mol. The molecule has 4 heterocycles. The zero-order valence-electron chi connectivity index (χ0n) is 18.5. The van der Waals surface area contributed by atoms with Crippen LogP contribution < -0.4 is 10.2 Å². The molecule has 2 aromatic heterocycles. The van der Waals surface area contributed by atoms with Gasteiger partial charge in [0.1, 0.15) is 17.5 Å². The minimum atomic E-state index is 0.0173. The molecule has 7 heteroatoms. The number of hydrogen-bond acceptors (Lipinski definition) is 5. The Morgan fingerprint density at radius 1 is 1.00 bits per heavy atom. The smallest absolute Gasteiger partial charge is 0.252 e. The van der Waals surface area contributed by atoms with Crippen molar-refractivity contribution in [3.8, 4) is 0 Å². The molecule has 0 bridgehead atoms. The molecule has 1 amide bonds. The Hall–Kier alpha value is -2.96. The second-order valence-electron chi connectivity index (χ2n) is 9.51. The summed E-state index contributed by atoms with van der Waals surface area (Å²) in [6, 6.07) is 10.3. The molecule has 7 nitrogen and oxygen atoms in total. The van der Waals surface area contributed by atoms with E-state index in [2.05, 4.69) is 25.0 Å². The largest absolute Gasteiger partial charge is 0.356 e. The van der Waals surface area contributed by atoms with Gasteiger partial charge < -0.3 is 14.8 Å². The number of nitrogens with zero attached hydrogens (tertiary/aromatic N) is 5. The van der Waals surface area contributed by atoms with Gasteiger partial charge in [-0.25, -0.2) is 4.98 Å². The second-order valence-corrected chi connectivity index (χ2v) is 9.51. The highest BCUT2D eigenvalue weighted by Crippen LogP contribution is 2.32. The van der Waals surface area contributed by atoms with Crippen LogP contribution in [0.2, 0.25) is 0 Å². The first kappa shape index (κ1) is 19.7. The van der Waals surface area contributed by atoms with Gasteiger partial charge in [0.2, 0.25) is 0 Å². The molecule has 1 aromatic carbocycles. The van der Waals surface area contributed by atoms with E-state index in [9.17, 15) is 4.79 Å². The van der Waals surface area contributed by atoms with E-state index in [-0.39, 0.29) is 5.91 Å². The monoisotopic (exact) mass is 430 g/mol. The molecule has 166 valence electrons. The van der Waals surface area contributed by atoms with Crippen molar-refractivity contribution in [2.45, 2.75) is 69.9 Å². The van der Waals surface area contributed by atoms with Crippen molar-refractivity contribution in [2.24, 2.45) is 0 Å². The quantitative estimate of drug-likeness (QED) is 0.681. The van der Waals surface area contributed by atoms with Gasteiger partial charge in [0.15, 0.2) is 0 Å². The SMILES string of the molecule is O=C(NC1CC1)c1cc(N2CCCC(c3nnc4n3CCCCC4)C2)nc2ccccc12. The van der Waals surface area contributed by atoms with Crippen LogP contribution in [0.15, 0.2) is 30.3 Å². The van der Waals surface area contributed by atoms with Crippen molar-refractivity contribution in [1.82, 2.24) is 25.1 Å². The minimum Gasteiger partial charge on any atom is -0.356 e. The van der Waals surface area contributed by atoms with Crippen LogP contribution in [-0.2, 0) is 13.0 Å². The number of aryl methyl sites for hydroxylation is 1. The van der Waals surface area contributed by atoms with Crippen LogP contribution in [0.1, 0.15) is 72.9 Å². The number of aromatic nitrogens is 4. The zero-order valence-corrected chi connectivity index (χ0v) is 18.5. The Balaban J connectivity index is 1.31. The van der Waals surface area contributed by atoms with Crippen molar-refractivity contribution >= 4 is 22.6 Å². The van der Waals surface area contributed by atoms with Gasteiger partial charge in [-0.1, -0.05) is 24.6 Å². The van der Waals surface area contributed by atoms with Crippen LogP contribution in [0.25, 0.3) is 10.9 Å². The Bertz CT molecular complexity index is 1150. The first-order valence-electron chi connectivity index (χ1n) is 12.1. The summed E-state index contributed by atoms with van der Waals surface area (Å²) in [5.41, 5.74) is 1.61. The van der Waals surface area contributed by atoms with Gasteiger partial charge in [-0.2, -0.15) is 0 Å². The van der Waals surface area contributed by atoms with E-state index in [1.54, 1.807) is 0 Å². The summed E-state index contributed by atoms with van der Waals surface area (Å²) in [7, 11) is 0. The number of fused-ring (bicyclic) bond motifs is 2. The maximum atomic E-state index is 13.0. The van der Waals surface area contributed by atoms with E-state index in [1.165, 1.54) is 19.3 Å². The van der Waals surface area contributed by atoms with Crippen molar-refractivity contribution in [1.29, 1.82) is 0 Å². The van der Waals surface area contributed by atoms with Gasteiger partial charge in [-0.15, -0.1) is 10.2 Å². The Labute approximate surface area is 188 Å². The first-order chi connectivity index (χ1) is 15.8. The maximum absolute atomic E-state index is 13.0. The number of benzene rings is 1. The number of para-hydroxylation sites is 1. The molecule has 1 atom stereocenters. The molecule has 1 aliphatic carbocycles. The molecule has 0 spiro atoms. The third kappa shape index (κ3) is 3.74. The highest BCUT2D eigenvalue weighted by Gasteiger charge is 2.29. The molecular weight excluding hydrogens is 400 g/mol. The van der Waals surface area contributed by atoms with E-state index < -0.39 is 0 Å². The molecule has 2 aliphatic heterocycles. The number of pyridine rings is 1. The predicted molar refractivity (Wildman–Crippen MR) is 124 cm³/mol. The maximum Gasteiger partial charge on any atom is 0.252 e. The standard InChI is InChI=1S/C25H30N6O/c32-25(26-18-11-12-18)20-15-23(27-21-9-4-3-8-19(20)21)30-13-6-7-17(16-30)24-29-28-22-10-2-1-5-14-31(22)24/h3-4,8-9,15,17-18H,1-2,5-7,10-14,16H2,(H,26,32). The number of carbonyl (C=O) groups is 1. The Kier molecular flexibility index (Phi) is 5.04. The molecule has 32 heavy (non-hydrogen) atoms.